The Kier molecular flexibility index (Phi) is 2.60. The first-order valence-electron chi connectivity index (χ1n) is 4.68. The minimum absolute atomic E-state index is 0.455. The van der Waals surface area contributed by atoms with Crippen molar-refractivity contribution in [2.75, 3.05) is 13.2 Å². The summed E-state index contributed by atoms with van der Waals surface area (Å²) in [5.41, 5.74) is 1.23. The lowest BCUT2D eigenvalue weighted by Crippen LogP contribution is -1.93. The third kappa shape index (κ3) is 1.82. The van der Waals surface area contributed by atoms with Crippen molar-refractivity contribution in [2.45, 2.75) is 13.3 Å². The summed E-state index contributed by atoms with van der Waals surface area (Å²) in [7, 11) is 0. The van der Waals surface area contributed by atoms with E-state index in [1.807, 2.05) is 18.2 Å². The maximum atomic E-state index is 5.44. The third-order valence-electron chi connectivity index (χ3n) is 2.15. The summed E-state index contributed by atoms with van der Waals surface area (Å²) >= 11 is 0. The predicted molar refractivity (Wildman–Crippen MR) is 54.6 cm³/mol. The van der Waals surface area contributed by atoms with Gasteiger partial charge in [-0.25, -0.2) is 0 Å². The average Bonchev–Trinajstić information content (AvgIpc) is 2.65. The van der Waals surface area contributed by atoms with Crippen LogP contribution in [-0.2, 0) is 6.42 Å². The average molecular weight is 188 g/mol. The molecule has 0 aliphatic carbocycles. The van der Waals surface area contributed by atoms with Gasteiger partial charge >= 0.3 is 0 Å². The normalized spacial score (nSPS) is 12.4. The molecule has 0 N–H and O–H groups in total. The van der Waals surface area contributed by atoms with Crippen LogP contribution in [0.25, 0.3) is 0 Å². The van der Waals surface area contributed by atoms with Crippen LogP contribution in [0.3, 0.4) is 0 Å². The molecule has 0 bridgehead atoms. The van der Waals surface area contributed by atoms with Gasteiger partial charge in [-0.1, -0.05) is 5.92 Å². The fourth-order valence-electron chi connectivity index (χ4n) is 1.44. The number of ether oxygens (including phenoxy) is 2. The second-order valence-corrected chi connectivity index (χ2v) is 3.08. The van der Waals surface area contributed by atoms with E-state index in [1.165, 1.54) is 5.56 Å². The zero-order valence-electron chi connectivity index (χ0n) is 8.17. The van der Waals surface area contributed by atoms with Crippen molar-refractivity contribution in [1.29, 1.82) is 0 Å². The number of hydrogen-bond donors (Lipinski definition) is 0. The molecule has 72 valence electrons. The van der Waals surface area contributed by atoms with E-state index in [4.69, 9.17) is 9.47 Å². The lowest BCUT2D eigenvalue weighted by molar-refractivity contribution is 0.355. The SMILES string of the molecule is CC#CCOc1ccc2c(c1)CCO2. The van der Waals surface area contributed by atoms with E-state index >= 15 is 0 Å². The van der Waals surface area contributed by atoms with E-state index < -0.39 is 0 Å². The van der Waals surface area contributed by atoms with Gasteiger partial charge in [-0.2, -0.15) is 0 Å². The molecule has 2 nitrogen and oxygen atoms in total. The van der Waals surface area contributed by atoms with Crippen molar-refractivity contribution >= 4 is 0 Å². The lowest BCUT2D eigenvalue weighted by Gasteiger charge is -2.03. The van der Waals surface area contributed by atoms with Crippen LogP contribution in [0.2, 0.25) is 0 Å². The van der Waals surface area contributed by atoms with Gasteiger partial charge < -0.3 is 9.47 Å². The smallest absolute Gasteiger partial charge is 0.149 e. The Morgan fingerprint density at radius 1 is 1.50 bits per heavy atom. The molecule has 0 fully saturated rings. The van der Waals surface area contributed by atoms with E-state index in [0.717, 1.165) is 24.5 Å². The van der Waals surface area contributed by atoms with Crippen LogP contribution < -0.4 is 9.47 Å². The maximum Gasteiger partial charge on any atom is 0.149 e. The fraction of sp³-hybridized carbons (Fsp3) is 0.333. The number of fused-ring (bicyclic) bond motifs is 1. The van der Waals surface area contributed by atoms with Crippen LogP contribution in [0.1, 0.15) is 12.5 Å². The zero-order valence-corrected chi connectivity index (χ0v) is 8.17. The van der Waals surface area contributed by atoms with Gasteiger partial charge in [0.2, 0.25) is 0 Å². The highest BCUT2D eigenvalue weighted by molar-refractivity contribution is 5.42. The van der Waals surface area contributed by atoms with Gasteiger partial charge in [0.15, 0.2) is 0 Å². The molecular formula is C12H12O2. The minimum atomic E-state index is 0.455. The third-order valence-corrected chi connectivity index (χ3v) is 2.15. The fourth-order valence-corrected chi connectivity index (χ4v) is 1.44. The molecule has 2 heteroatoms. The molecule has 1 aromatic rings. The summed E-state index contributed by atoms with van der Waals surface area (Å²) in [5.74, 6) is 7.51. The number of hydrogen-bond acceptors (Lipinski definition) is 2. The topological polar surface area (TPSA) is 18.5 Å². The summed E-state index contributed by atoms with van der Waals surface area (Å²) in [6.45, 7) is 3.05. The molecule has 0 unspecified atom stereocenters. The van der Waals surface area contributed by atoms with Crippen molar-refractivity contribution in [3.63, 3.8) is 0 Å². The first-order chi connectivity index (χ1) is 6.90. The molecule has 0 aromatic heterocycles. The highest BCUT2D eigenvalue weighted by Crippen LogP contribution is 2.28. The van der Waals surface area contributed by atoms with E-state index in [2.05, 4.69) is 11.8 Å². The molecule has 0 radical (unpaired) electrons. The van der Waals surface area contributed by atoms with Crippen LogP contribution in [0.15, 0.2) is 18.2 Å². The monoisotopic (exact) mass is 188 g/mol. The van der Waals surface area contributed by atoms with Crippen molar-refractivity contribution < 1.29 is 9.47 Å². The molecule has 2 rings (SSSR count). The molecule has 0 spiro atoms. The first-order valence-corrected chi connectivity index (χ1v) is 4.68. The highest BCUT2D eigenvalue weighted by Gasteiger charge is 2.11. The van der Waals surface area contributed by atoms with E-state index in [1.54, 1.807) is 6.92 Å². The molecule has 1 aliphatic rings. The Bertz CT molecular complexity index is 385. The molecular weight excluding hydrogens is 176 g/mol. The Morgan fingerprint density at radius 2 is 2.43 bits per heavy atom. The van der Waals surface area contributed by atoms with Crippen LogP contribution in [0.5, 0.6) is 11.5 Å². The molecule has 1 heterocycles. The largest absolute Gasteiger partial charge is 0.493 e. The second-order valence-electron chi connectivity index (χ2n) is 3.08. The van der Waals surface area contributed by atoms with Gasteiger partial charge in [0.1, 0.15) is 18.1 Å². The van der Waals surface area contributed by atoms with E-state index in [9.17, 15) is 0 Å². The quantitative estimate of drug-likeness (QED) is 0.661. The van der Waals surface area contributed by atoms with Crippen molar-refractivity contribution in [2.24, 2.45) is 0 Å². The number of rotatable bonds is 2. The van der Waals surface area contributed by atoms with Crippen molar-refractivity contribution in [1.82, 2.24) is 0 Å². The number of benzene rings is 1. The Morgan fingerprint density at radius 3 is 3.29 bits per heavy atom. The summed E-state index contributed by atoms with van der Waals surface area (Å²) < 4.78 is 10.8. The molecule has 0 saturated heterocycles. The van der Waals surface area contributed by atoms with Crippen molar-refractivity contribution in [3.05, 3.63) is 23.8 Å². The molecule has 14 heavy (non-hydrogen) atoms. The van der Waals surface area contributed by atoms with E-state index in [-0.39, 0.29) is 0 Å². The highest BCUT2D eigenvalue weighted by atomic mass is 16.5. The standard InChI is InChI=1S/C12H12O2/c1-2-3-7-13-11-4-5-12-10(9-11)6-8-14-12/h4-5,9H,6-8H2,1H3. The van der Waals surface area contributed by atoms with Gasteiger partial charge in [-0.15, -0.1) is 5.92 Å². The minimum Gasteiger partial charge on any atom is -0.493 e. The summed E-state index contributed by atoms with van der Waals surface area (Å²) in [6.07, 6.45) is 0.978. The molecule has 1 aliphatic heterocycles. The zero-order chi connectivity index (χ0) is 9.80. The van der Waals surface area contributed by atoms with Gasteiger partial charge in [0.25, 0.3) is 0 Å². The first kappa shape index (κ1) is 8.96. The summed E-state index contributed by atoms with van der Waals surface area (Å²) in [4.78, 5) is 0. The maximum absolute atomic E-state index is 5.44. The van der Waals surface area contributed by atoms with Crippen LogP contribution in [-0.4, -0.2) is 13.2 Å². The molecule has 0 amide bonds. The van der Waals surface area contributed by atoms with Gasteiger partial charge in [-0.3, -0.25) is 0 Å². The Labute approximate surface area is 83.8 Å². The van der Waals surface area contributed by atoms with E-state index in [0.29, 0.717) is 6.61 Å². The second kappa shape index (κ2) is 4.06. The Hall–Kier alpha value is -1.62. The van der Waals surface area contributed by atoms with Crippen LogP contribution >= 0.6 is 0 Å². The van der Waals surface area contributed by atoms with Crippen LogP contribution in [0.4, 0.5) is 0 Å². The summed E-state index contributed by atoms with van der Waals surface area (Å²) in [5, 5.41) is 0. The Balaban J connectivity index is 2.07. The molecule has 0 atom stereocenters. The van der Waals surface area contributed by atoms with Gasteiger partial charge in [0.05, 0.1) is 6.61 Å². The van der Waals surface area contributed by atoms with Gasteiger partial charge in [-0.05, 0) is 25.1 Å². The lowest BCUT2D eigenvalue weighted by atomic mass is 10.2. The molecule has 1 aromatic carbocycles. The predicted octanol–water partition coefficient (Wildman–Crippen LogP) is 2.02. The van der Waals surface area contributed by atoms with Gasteiger partial charge in [0, 0.05) is 12.0 Å². The summed E-state index contributed by atoms with van der Waals surface area (Å²) in [6, 6.07) is 5.90. The molecule has 0 saturated carbocycles. The van der Waals surface area contributed by atoms with Crippen molar-refractivity contribution in [3.8, 4) is 23.3 Å². The van der Waals surface area contributed by atoms with Crippen LogP contribution in [0, 0.1) is 11.8 Å².